The maximum Gasteiger partial charge on any atom is 0.251 e. The molecule has 1 atom stereocenters. The summed E-state index contributed by atoms with van der Waals surface area (Å²) in [6, 6.07) is 8.45. The summed E-state index contributed by atoms with van der Waals surface area (Å²) in [5, 5.41) is 2.89. The van der Waals surface area contributed by atoms with Crippen LogP contribution in [-0.4, -0.2) is 23.7 Å². The molecule has 1 aromatic heterocycles. The monoisotopic (exact) mass is 392 g/mol. The number of hydrogen-bond donors (Lipinski definition) is 1. The summed E-state index contributed by atoms with van der Waals surface area (Å²) in [5.74, 6) is 1.16. The molecule has 0 spiro atoms. The van der Waals surface area contributed by atoms with E-state index in [4.69, 9.17) is 9.47 Å². The molecule has 1 N–H and O–H groups in total. The number of carbonyl (C=O) groups excluding carboxylic acids is 1. The van der Waals surface area contributed by atoms with Gasteiger partial charge in [-0.25, -0.2) is 0 Å². The molecule has 1 amide bonds. The van der Waals surface area contributed by atoms with Crippen molar-refractivity contribution in [3.05, 3.63) is 56.9 Å². The van der Waals surface area contributed by atoms with Gasteiger partial charge in [-0.15, -0.1) is 0 Å². The second-order valence-electron chi connectivity index (χ2n) is 5.51. The van der Waals surface area contributed by atoms with Crippen LogP contribution in [0.2, 0.25) is 0 Å². The normalized spacial score (nSPS) is 14.1. The Bertz CT molecular complexity index is 818. The molecule has 2 heterocycles. The molecule has 0 fully saturated rings. The van der Waals surface area contributed by atoms with Crippen molar-refractivity contribution in [2.45, 2.75) is 19.5 Å². The van der Waals surface area contributed by atoms with Gasteiger partial charge in [0.1, 0.15) is 19.8 Å². The number of fused-ring (bicyclic) bond motifs is 1. The van der Waals surface area contributed by atoms with Crippen LogP contribution in [0.25, 0.3) is 0 Å². The average Bonchev–Trinajstić information content (AvgIpc) is 2.57. The lowest BCUT2D eigenvalue weighted by Crippen LogP contribution is -2.33. The highest BCUT2D eigenvalue weighted by Gasteiger charge is 2.16. The van der Waals surface area contributed by atoms with Crippen molar-refractivity contribution < 1.29 is 14.3 Å². The molecule has 1 unspecified atom stereocenters. The van der Waals surface area contributed by atoms with Gasteiger partial charge in [0, 0.05) is 16.7 Å². The smallest absolute Gasteiger partial charge is 0.251 e. The highest BCUT2D eigenvalue weighted by atomic mass is 79.9. The molecule has 0 aliphatic carbocycles. The van der Waals surface area contributed by atoms with E-state index in [1.54, 1.807) is 12.3 Å². The van der Waals surface area contributed by atoms with E-state index in [2.05, 4.69) is 21.2 Å². The summed E-state index contributed by atoms with van der Waals surface area (Å²) in [6.45, 7) is 2.91. The summed E-state index contributed by atoms with van der Waals surface area (Å²) in [6.07, 6.45) is 1.59. The van der Waals surface area contributed by atoms with Crippen LogP contribution in [0.1, 0.15) is 18.5 Å². The minimum atomic E-state index is -0.238. The van der Waals surface area contributed by atoms with Crippen molar-refractivity contribution in [3.63, 3.8) is 0 Å². The molecule has 1 aliphatic heterocycles. The molecule has 7 heteroatoms. The first-order valence-corrected chi connectivity index (χ1v) is 8.37. The lowest BCUT2D eigenvalue weighted by molar-refractivity contribution is -0.122. The minimum absolute atomic E-state index is 0.0346. The van der Waals surface area contributed by atoms with E-state index >= 15 is 0 Å². The van der Waals surface area contributed by atoms with Gasteiger partial charge >= 0.3 is 0 Å². The van der Waals surface area contributed by atoms with Gasteiger partial charge in [-0.1, -0.05) is 6.07 Å². The van der Waals surface area contributed by atoms with Crippen LogP contribution in [-0.2, 0) is 11.3 Å². The number of benzene rings is 1. The van der Waals surface area contributed by atoms with Crippen molar-refractivity contribution in [1.29, 1.82) is 0 Å². The predicted octanol–water partition coefficient (Wildman–Crippen LogP) is 2.26. The molecule has 0 bridgehead atoms. The number of rotatable bonds is 4. The molecule has 1 aliphatic rings. The van der Waals surface area contributed by atoms with E-state index in [1.165, 1.54) is 10.6 Å². The van der Waals surface area contributed by atoms with E-state index in [1.807, 2.05) is 25.1 Å². The average molecular weight is 393 g/mol. The zero-order valence-corrected chi connectivity index (χ0v) is 14.7. The molecule has 1 aromatic carbocycles. The largest absolute Gasteiger partial charge is 0.486 e. The first-order valence-electron chi connectivity index (χ1n) is 7.58. The number of hydrogen-bond acceptors (Lipinski definition) is 4. The number of nitrogens with one attached hydrogen (secondary N) is 1. The Morgan fingerprint density at radius 1 is 1.25 bits per heavy atom. The van der Waals surface area contributed by atoms with Gasteiger partial charge in [0.25, 0.3) is 5.56 Å². The molecule has 6 nitrogen and oxygen atoms in total. The van der Waals surface area contributed by atoms with Gasteiger partial charge in [0.15, 0.2) is 11.5 Å². The van der Waals surface area contributed by atoms with E-state index in [0.717, 1.165) is 10.0 Å². The molecular weight excluding hydrogens is 376 g/mol. The molecular formula is C17H17BrN2O4. The minimum Gasteiger partial charge on any atom is -0.486 e. The molecule has 126 valence electrons. The Kier molecular flexibility index (Phi) is 4.89. The Morgan fingerprint density at radius 3 is 2.79 bits per heavy atom. The lowest BCUT2D eigenvalue weighted by Gasteiger charge is -2.21. The molecule has 0 saturated heterocycles. The van der Waals surface area contributed by atoms with Gasteiger partial charge in [0.2, 0.25) is 5.91 Å². The van der Waals surface area contributed by atoms with Crippen LogP contribution < -0.4 is 20.3 Å². The summed E-state index contributed by atoms with van der Waals surface area (Å²) in [5.41, 5.74) is 0.689. The lowest BCUT2D eigenvalue weighted by atomic mass is 10.1. The topological polar surface area (TPSA) is 69.6 Å². The number of halogens is 1. The number of pyridine rings is 1. The SMILES string of the molecule is CC(NC(=O)Cn1cc(Br)ccc1=O)c1ccc2c(c1)OCCO2. The molecule has 24 heavy (non-hydrogen) atoms. The fraction of sp³-hybridized carbons (Fsp3) is 0.294. The maximum absolute atomic E-state index is 12.2. The molecule has 3 rings (SSSR count). The Hall–Kier alpha value is -2.28. The van der Waals surface area contributed by atoms with Gasteiger partial charge < -0.3 is 19.4 Å². The Balaban J connectivity index is 1.68. The second kappa shape index (κ2) is 7.09. The van der Waals surface area contributed by atoms with Gasteiger partial charge in [-0.3, -0.25) is 9.59 Å². The van der Waals surface area contributed by atoms with Gasteiger partial charge in [-0.05, 0) is 46.6 Å². The Morgan fingerprint density at radius 2 is 2.00 bits per heavy atom. The van der Waals surface area contributed by atoms with Crippen LogP contribution in [0.3, 0.4) is 0 Å². The third-order valence-corrected chi connectivity index (χ3v) is 4.17. The third-order valence-electron chi connectivity index (χ3n) is 3.71. The zero-order valence-electron chi connectivity index (χ0n) is 13.1. The van der Waals surface area contributed by atoms with Gasteiger partial charge in [-0.2, -0.15) is 0 Å². The van der Waals surface area contributed by atoms with E-state index in [0.29, 0.717) is 24.7 Å². The molecule has 0 radical (unpaired) electrons. The van der Waals surface area contributed by atoms with Gasteiger partial charge in [0.05, 0.1) is 6.04 Å². The van der Waals surface area contributed by atoms with Crippen LogP contribution in [0.4, 0.5) is 0 Å². The summed E-state index contributed by atoms with van der Waals surface area (Å²) >= 11 is 3.29. The molecule has 2 aromatic rings. The van der Waals surface area contributed by atoms with Crippen LogP contribution in [0.15, 0.2) is 45.8 Å². The fourth-order valence-electron chi connectivity index (χ4n) is 2.48. The van der Waals surface area contributed by atoms with Crippen molar-refractivity contribution in [2.75, 3.05) is 13.2 Å². The highest BCUT2D eigenvalue weighted by Crippen LogP contribution is 2.32. The summed E-state index contributed by atoms with van der Waals surface area (Å²) in [4.78, 5) is 24.0. The van der Waals surface area contributed by atoms with Crippen LogP contribution in [0, 0.1) is 0 Å². The number of amides is 1. The fourth-order valence-corrected chi connectivity index (χ4v) is 2.86. The van der Waals surface area contributed by atoms with Crippen LogP contribution >= 0.6 is 15.9 Å². The van der Waals surface area contributed by atoms with Crippen LogP contribution in [0.5, 0.6) is 11.5 Å². The van der Waals surface area contributed by atoms with E-state index in [9.17, 15) is 9.59 Å². The predicted molar refractivity (Wildman–Crippen MR) is 92.4 cm³/mol. The number of ether oxygens (including phenoxy) is 2. The quantitative estimate of drug-likeness (QED) is 0.866. The molecule has 0 saturated carbocycles. The first-order chi connectivity index (χ1) is 11.5. The third kappa shape index (κ3) is 3.79. The van der Waals surface area contributed by atoms with Crippen molar-refractivity contribution in [1.82, 2.24) is 9.88 Å². The first kappa shape index (κ1) is 16.6. The number of aromatic nitrogens is 1. The Labute approximate surface area is 147 Å². The van der Waals surface area contributed by atoms with Crippen molar-refractivity contribution in [3.8, 4) is 11.5 Å². The van der Waals surface area contributed by atoms with Crippen molar-refractivity contribution in [2.24, 2.45) is 0 Å². The standard InChI is InChI=1S/C17H17BrN2O4/c1-11(12-2-4-14-15(8-12)24-7-6-23-14)19-16(21)10-20-9-13(18)3-5-17(20)22/h2-5,8-9,11H,6-7,10H2,1H3,(H,19,21). The van der Waals surface area contributed by atoms with Crippen molar-refractivity contribution >= 4 is 21.8 Å². The summed E-state index contributed by atoms with van der Waals surface area (Å²) in [7, 11) is 0. The zero-order chi connectivity index (χ0) is 17.1. The second-order valence-corrected chi connectivity index (χ2v) is 6.42. The summed E-state index contributed by atoms with van der Waals surface area (Å²) < 4.78 is 13.1. The number of carbonyl (C=O) groups is 1. The highest BCUT2D eigenvalue weighted by molar-refractivity contribution is 9.10. The van der Waals surface area contributed by atoms with E-state index in [-0.39, 0.29) is 24.1 Å². The maximum atomic E-state index is 12.2. The van der Waals surface area contributed by atoms with E-state index < -0.39 is 0 Å². The number of nitrogens with zero attached hydrogens (tertiary/aromatic N) is 1.